The van der Waals surface area contributed by atoms with Gasteiger partial charge in [0.25, 0.3) is 0 Å². The average molecular weight is 775 g/mol. The van der Waals surface area contributed by atoms with Gasteiger partial charge in [-0.2, -0.15) is 0 Å². The van der Waals surface area contributed by atoms with Gasteiger partial charge in [0.05, 0.1) is 31.5 Å². The van der Waals surface area contributed by atoms with Gasteiger partial charge in [0, 0.05) is 19.8 Å². The molecule has 0 radical (unpaired) electrons. The van der Waals surface area contributed by atoms with Gasteiger partial charge in [0.15, 0.2) is 18.7 Å². The molecule has 0 aromatic rings. The number of hydrogen-bond donors (Lipinski definition) is 6. The lowest BCUT2D eigenvalue weighted by Crippen LogP contribution is -2.68. The number of nitrogens with one attached hydrogen (secondary N) is 1. The zero-order chi connectivity index (χ0) is 39.9. The minimum absolute atomic E-state index is 0.157. The molecule has 314 valence electrons. The first-order chi connectivity index (χ1) is 25.9. The van der Waals surface area contributed by atoms with Crippen LogP contribution in [0.3, 0.4) is 0 Å². The number of rotatable bonds is 27. The first-order valence-electron chi connectivity index (χ1n) is 20.2. The highest BCUT2D eigenvalue weighted by Gasteiger charge is 2.50. The van der Waals surface area contributed by atoms with Crippen LogP contribution in [0.15, 0.2) is 12.2 Å². The molecule has 0 aromatic heterocycles. The average Bonchev–Trinajstić information content (AvgIpc) is 3.14. The van der Waals surface area contributed by atoms with Crippen molar-refractivity contribution >= 4 is 17.8 Å². The van der Waals surface area contributed by atoms with Gasteiger partial charge < -0.3 is 59.9 Å². The van der Waals surface area contributed by atoms with Crippen LogP contribution in [0.2, 0.25) is 0 Å². The van der Waals surface area contributed by atoms with E-state index in [0.717, 1.165) is 44.9 Å². The van der Waals surface area contributed by atoms with Crippen LogP contribution in [0.5, 0.6) is 0 Å². The van der Waals surface area contributed by atoms with Gasteiger partial charge in [-0.3, -0.25) is 14.4 Å². The number of aliphatic hydroxyl groups is 4. The van der Waals surface area contributed by atoms with Crippen LogP contribution in [0.1, 0.15) is 130 Å². The molecule has 2 aliphatic heterocycles. The molecule has 54 heavy (non-hydrogen) atoms. The molecule has 11 atom stereocenters. The quantitative estimate of drug-likeness (QED) is 0.0401. The Bertz CT molecular complexity index is 1080. The van der Waals surface area contributed by atoms with E-state index in [-0.39, 0.29) is 26.1 Å². The minimum atomic E-state index is -1.68. The van der Waals surface area contributed by atoms with Crippen LogP contribution in [0, 0.1) is 0 Å². The van der Waals surface area contributed by atoms with E-state index in [9.17, 15) is 34.8 Å². The van der Waals surface area contributed by atoms with E-state index in [1.54, 1.807) is 6.92 Å². The molecule has 2 rings (SSSR count). The summed E-state index contributed by atoms with van der Waals surface area (Å²) in [5.74, 6) is -1.44. The summed E-state index contributed by atoms with van der Waals surface area (Å²) in [5, 5.41) is 45.5. The molecule has 0 aromatic carbocycles. The molecule has 15 heteroatoms. The number of carbonyl (C=O) groups excluding carboxylic acids is 3. The largest absolute Gasteiger partial charge is 0.462 e. The molecule has 2 saturated heterocycles. The molecule has 0 bridgehead atoms. The number of hydrogen-bond acceptors (Lipinski definition) is 14. The molecule has 0 saturated carbocycles. The maximum absolute atomic E-state index is 12.9. The Hall–Kier alpha value is -2.21. The summed E-state index contributed by atoms with van der Waals surface area (Å²) in [6.45, 7) is 5.79. The van der Waals surface area contributed by atoms with Crippen molar-refractivity contribution in [3.05, 3.63) is 12.2 Å². The second kappa shape index (κ2) is 27.4. The molecular weight excluding hydrogens is 704 g/mol. The fraction of sp³-hybridized carbons (Fsp3) is 0.872. The minimum Gasteiger partial charge on any atom is -0.462 e. The van der Waals surface area contributed by atoms with Crippen LogP contribution in [-0.2, 0) is 42.8 Å². The summed E-state index contributed by atoms with van der Waals surface area (Å²) in [6.07, 6.45) is 7.19. The second-order valence-corrected chi connectivity index (χ2v) is 14.5. The Morgan fingerprint density at radius 3 is 1.98 bits per heavy atom. The monoisotopic (exact) mass is 774 g/mol. The molecule has 0 spiro atoms. The van der Waals surface area contributed by atoms with E-state index in [1.807, 2.05) is 0 Å². The highest BCUT2D eigenvalue weighted by molar-refractivity contribution is 5.73. The third-order valence-corrected chi connectivity index (χ3v) is 9.73. The predicted octanol–water partition coefficient (Wildman–Crippen LogP) is 3.06. The Balaban J connectivity index is 2.01. The SMILES string of the molecule is CCCCCCC/C=C/CCCCCC(=O)OC(COC(=O)CCCCCC)COC1OC(CO)C(O)C(OC2OC(C)C(N)C(O)C2NC(C)=O)C1O. The number of esters is 2. The van der Waals surface area contributed by atoms with E-state index in [1.165, 1.54) is 39.0 Å². The summed E-state index contributed by atoms with van der Waals surface area (Å²) in [4.78, 5) is 37.2. The number of ether oxygens (including phenoxy) is 6. The molecular formula is C39H70N2O13. The van der Waals surface area contributed by atoms with Crippen molar-refractivity contribution < 1.29 is 63.2 Å². The van der Waals surface area contributed by atoms with Gasteiger partial charge >= 0.3 is 11.9 Å². The van der Waals surface area contributed by atoms with Gasteiger partial charge in [-0.15, -0.1) is 0 Å². The summed E-state index contributed by atoms with van der Waals surface area (Å²) >= 11 is 0. The molecule has 2 heterocycles. The normalized spacial score (nSPS) is 29.2. The van der Waals surface area contributed by atoms with E-state index in [0.29, 0.717) is 12.8 Å². The highest BCUT2D eigenvalue weighted by Crippen LogP contribution is 2.29. The lowest BCUT2D eigenvalue weighted by atomic mass is 9.94. The van der Waals surface area contributed by atoms with Crippen LogP contribution in [0.25, 0.3) is 0 Å². The molecule has 15 nitrogen and oxygen atoms in total. The van der Waals surface area contributed by atoms with E-state index >= 15 is 0 Å². The summed E-state index contributed by atoms with van der Waals surface area (Å²) in [5.41, 5.74) is 6.04. The zero-order valence-electron chi connectivity index (χ0n) is 33.0. The lowest BCUT2D eigenvalue weighted by molar-refractivity contribution is -0.342. The van der Waals surface area contributed by atoms with Gasteiger partial charge in [-0.1, -0.05) is 77.4 Å². The number of nitrogens with two attached hydrogens (primary N) is 1. The van der Waals surface area contributed by atoms with Crippen LogP contribution in [-0.4, -0.2) is 125 Å². The summed E-state index contributed by atoms with van der Waals surface area (Å²) < 4.78 is 34.3. The number of unbranched alkanes of at least 4 members (excludes halogenated alkanes) is 11. The van der Waals surface area contributed by atoms with Gasteiger partial charge in [-0.05, 0) is 45.4 Å². The Labute approximate surface area is 321 Å². The van der Waals surface area contributed by atoms with Crippen LogP contribution < -0.4 is 11.1 Å². The van der Waals surface area contributed by atoms with Gasteiger partial charge in [0.2, 0.25) is 5.91 Å². The van der Waals surface area contributed by atoms with E-state index in [4.69, 9.17) is 34.2 Å². The topological polar surface area (TPSA) is 226 Å². The number of allylic oxidation sites excluding steroid dienone is 2. The molecule has 0 aliphatic carbocycles. The lowest BCUT2D eigenvalue weighted by Gasteiger charge is -2.47. The van der Waals surface area contributed by atoms with Crippen molar-refractivity contribution in [1.29, 1.82) is 0 Å². The number of amides is 1. The molecule has 1 amide bonds. The van der Waals surface area contributed by atoms with Gasteiger partial charge in [-0.25, -0.2) is 0 Å². The van der Waals surface area contributed by atoms with Crippen molar-refractivity contribution in [2.24, 2.45) is 5.73 Å². The molecule has 7 N–H and O–H groups in total. The number of carbonyl (C=O) groups is 3. The number of aliphatic hydroxyl groups excluding tert-OH is 4. The Morgan fingerprint density at radius 1 is 0.778 bits per heavy atom. The van der Waals surface area contributed by atoms with Crippen LogP contribution >= 0.6 is 0 Å². The molecule has 2 fully saturated rings. The fourth-order valence-electron chi connectivity index (χ4n) is 6.40. The highest BCUT2D eigenvalue weighted by atomic mass is 16.7. The van der Waals surface area contributed by atoms with Crippen molar-refractivity contribution in [2.75, 3.05) is 19.8 Å². The molecule has 11 unspecified atom stereocenters. The Morgan fingerprint density at radius 2 is 1.37 bits per heavy atom. The molecule has 2 aliphatic rings. The van der Waals surface area contributed by atoms with Crippen molar-refractivity contribution in [1.82, 2.24) is 5.32 Å². The first-order valence-corrected chi connectivity index (χ1v) is 20.2. The third-order valence-electron chi connectivity index (χ3n) is 9.73. The maximum atomic E-state index is 12.9. The smallest absolute Gasteiger partial charge is 0.306 e. The fourth-order valence-corrected chi connectivity index (χ4v) is 6.40. The van der Waals surface area contributed by atoms with E-state index < -0.39 is 91.8 Å². The first kappa shape index (κ1) is 47.9. The van der Waals surface area contributed by atoms with E-state index in [2.05, 4.69) is 31.3 Å². The van der Waals surface area contributed by atoms with Gasteiger partial charge in [0.1, 0.15) is 37.1 Å². The summed E-state index contributed by atoms with van der Waals surface area (Å²) in [7, 11) is 0. The zero-order valence-corrected chi connectivity index (χ0v) is 33.0. The maximum Gasteiger partial charge on any atom is 0.306 e. The Kier molecular flexibility index (Phi) is 24.3. The predicted molar refractivity (Wildman–Crippen MR) is 200 cm³/mol. The third kappa shape index (κ3) is 17.7. The van der Waals surface area contributed by atoms with Crippen molar-refractivity contribution in [2.45, 2.75) is 198 Å². The van der Waals surface area contributed by atoms with Crippen LogP contribution in [0.4, 0.5) is 0 Å². The van der Waals surface area contributed by atoms with Crippen molar-refractivity contribution in [3.63, 3.8) is 0 Å². The standard InChI is InChI=1S/C39H70N2O13/c1-5-7-9-11-12-13-14-15-16-17-18-20-22-31(45)52-28(24-49-30(44)21-19-10-8-6-2)25-50-39-36(48)37(34(46)29(23-42)53-39)54-38-33(41-27(4)43)35(47)32(40)26(3)51-38/h14-15,26,28-29,32-39,42,46-48H,5-13,16-25,40H2,1-4H3,(H,41,43)/b15-14+. The summed E-state index contributed by atoms with van der Waals surface area (Å²) in [6, 6.07) is -2.01. The van der Waals surface area contributed by atoms with Crippen molar-refractivity contribution in [3.8, 4) is 0 Å². The second-order valence-electron chi connectivity index (χ2n) is 14.5.